The van der Waals surface area contributed by atoms with Gasteiger partial charge in [0, 0.05) is 25.6 Å². The summed E-state index contributed by atoms with van der Waals surface area (Å²) in [6.07, 6.45) is 7.15. The second kappa shape index (κ2) is 8.03. The fourth-order valence-corrected chi connectivity index (χ4v) is 4.83. The van der Waals surface area contributed by atoms with Crippen LogP contribution in [-0.4, -0.2) is 71.8 Å². The topological polar surface area (TPSA) is 76.8 Å². The summed E-state index contributed by atoms with van der Waals surface area (Å²) in [4.78, 5) is 16.8. The molecule has 6 nitrogen and oxygen atoms in total. The Kier molecular flexibility index (Phi) is 5.98. The van der Waals surface area contributed by atoms with Gasteiger partial charge >= 0.3 is 0 Å². The van der Waals surface area contributed by atoms with E-state index in [4.69, 9.17) is 4.74 Å². The van der Waals surface area contributed by atoms with Gasteiger partial charge in [0.2, 0.25) is 5.91 Å². The second-order valence-electron chi connectivity index (χ2n) is 7.93. The number of aliphatic hydroxyl groups excluding tert-OH is 1. The first-order valence-corrected chi connectivity index (χ1v) is 9.75. The lowest BCUT2D eigenvalue weighted by atomic mass is 9.81. The molecule has 3 rings (SSSR count). The van der Waals surface area contributed by atoms with Crippen LogP contribution in [0.5, 0.6) is 0 Å². The van der Waals surface area contributed by atoms with Crippen LogP contribution in [0.3, 0.4) is 0 Å². The van der Waals surface area contributed by atoms with Crippen molar-refractivity contribution in [2.24, 2.45) is 5.92 Å². The van der Waals surface area contributed by atoms with Gasteiger partial charge in [-0.15, -0.1) is 0 Å². The summed E-state index contributed by atoms with van der Waals surface area (Å²) in [7, 11) is 1.79. The fraction of sp³-hybridized carbons (Fsp3) is 0.895. The van der Waals surface area contributed by atoms with E-state index < -0.39 is 5.54 Å². The van der Waals surface area contributed by atoms with Crippen LogP contribution in [0, 0.1) is 17.2 Å². The van der Waals surface area contributed by atoms with Gasteiger partial charge in [-0.05, 0) is 38.6 Å². The monoisotopic (exact) mass is 349 g/mol. The van der Waals surface area contributed by atoms with E-state index in [0.717, 1.165) is 51.5 Å². The minimum atomic E-state index is -0.627. The smallest absolute Gasteiger partial charge is 0.237 e. The number of amides is 1. The van der Waals surface area contributed by atoms with Gasteiger partial charge in [-0.1, -0.05) is 19.3 Å². The average Bonchev–Trinajstić information content (AvgIpc) is 3.09. The van der Waals surface area contributed by atoms with E-state index in [1.807, 2.05) is 0 Å². The molecule has 0 aromatic rings. The van der Waals surface area contributed by atoms with E-state index in [1.165, 1.54) is 0 Å². The molecule has 0 aromatic carbocycles. The molecule has 3 fully saturated rings. The Labute approximate surface area is 150 Å². The van der Waals surface area contributed by atoms with Crippen molar-refractivity contribution in [2.45, 2.75) is 69.1 Å². The predicted molar refractivity (Wildman–Crippen MR) is 93.7 cm³/mol. The molecule has 0 spiro atoms. The van der Waals surface area contributed by atoms with Gasteiger partial charge in [0.25, 0.3) is 0 Å². The highest BCUT2D eigenvalue weighted by molar-refractivity contribution is 5.79. The first-order chi connectivity index (χ1) is 12.1. The molecule has 1 aliphatic carbocycles. The lowest BCUT2D eigenvalue weighted by Gasteiger charge is -2.41. The largest absolute Gasteiger partial charge is 0.393 e. The average molecular weight is 349 g/mol. The lowest BCUT2D eigenvalue weighted by molar-refractivity contribution is -0.137. The molecule has 1 amide bonds. The summed E-state index contributed by atoms with van der Waals surface area (Å²) in [5.41, 5.74) is -0.627. The highest BCUT2D eigenvalue weighted by Gasteiger charge is 2.42. The number of likely N-dealkylation sites (N-methyl/N-ethyl adjacent to an activating group) is 1. The summed E-state index contributed by atoms with van der Waals surface area (Å²) < 4.78 is 5.57. The van der Waals surface area contributed by atoms with Gasteiger partial charge in [-0.2, -0.15) is 5.26 Å². The van der Waals surface area contributed by atoms with Gasteiger partial charge in [-0.25, -0.2) is 0 Å². The Morgan fingerprint density at radius 1 is 1.32 bits per heavy atom. The van der Waals surface area contributed by atoms with Crippen LogP contribution in [0.4, 0.5) is 0 Å². The summed E-state index contributed by atoms with van der Waals surface area (Å²) in [6, 6.07) is 2.64. The van der Waals surface area contributed by atoms with E-state index in [2.05, 4.69) is 11.0 Å². The molecule has 2 aliphatic heterocycles. The number of carbonyl (C=O) groups excluding carboxylic acids is 1. The number of carbonyl (C=O) groups is 1. The predicted octanol–water partition coefficient (Wildman–Crippen LogP) is 1.53. The Bertz CT molecular complexity index is 513. The van der Waals surface area contributed by atoms with Crippen molar-refractivity contribution in [2.75, 3.05) is 33.4 Å². The van der Waals surface area contributed by atoms with E-state index in [0.29, 0.717) is 26.2 Å². The fourth-order valence-electron chi connectivity index (χ4n) is 4.83. The summed E-state index contributed by atoms with van der Waals surface area (Å²) in [5, 5.41) is 20.0. The summed E-state index contributed by atoms with van der Waals surface area (Å²) in [6.45, 7) is 2.42. The van der Waals surface area contributed by atoms with Gasteiger partial charge in [0.1, 0.15) is 5.54 Å². The van der Waals surface area contributed by atoms with Gasteiger partial charge in [0.15, 0.2) is 0 Å². The number of nitrogens with zero attached hydrogens (tertiary/aromatic N) is 3. The SMILES string of the molecule is CN(C(=O)CN1CCC[C@@H]1[C@H]1COCC[C@H]1O)C1(C#N)CCCCC1. The first-order valence-electron chi connectivity index (χ1n) is 9.75. The van der Waals surface area contributed by atoms with Crippen molar-refractivity contribution in [3.8, 4) is 6.07 Å². The summed E-state index contributed by atoms with van der Waals surface area (Å²) >= 11 is 0. The van der Waals surface area contributed by atoms with Crippen LogP contribution in [0.1, 0.15) is 51.4 Å². The van der Waals surface area contributed by atoms with Crippen molar-refractivity contribution in [1.82, 2.24) is 9.80 Å². The van der Waals surface area contributed by atoms with Crippen molar-refractivity contribution in [3.63, 3.8) is 0 Å². The van der Waals surface area contributed by atoms with E-state index in [1.54, 1.807) is 11.9 Å². The first kappa shape index (κ1) is 18.6. The second-order valence-corrected chi connectivity index (χ2v) is 7.93. The zero-order valence-corrected chi connectivity index (χ0v) is 15.3. The Hall–Kier alpha value is -1.16. The Morgan fingerprint density at radius 3 is 2.76 bits per heavy atom. The zero-order chi connectivity index (χ0) is 17.9. The molecule has 3 atom stereocenters. The Morgan fingerprint density at radius 2 is 2.08 bits per heavy atom. The molecule has 0 aromatic heterocycles. The normalized spacial score (nSPS) is 32.9. The maximum Gasteiger partial charge on any atom is 0.237 e. The van der Waals surface area contributed by atoms with E-state index >= 15 is 0 Å². The molecular weight excluding hydrogens is 318 g/mol. The van der Waals surface area contributed by atoms with Gasteiger partial charge in [-0.3, -0.25) is 9.69 Å². The number of hydrogen-bond donors (Lipinski definition) is 1. The molecule has 25 heavy (non-hydrogen) atoms. The lowest BCUT2D eigenvalue weighted by Crippen LogP contribution is -2.54. The number of ether oxygens (including phenoxy) is 1. The summed E-state index contributed by atoms with van der Waals surface area (Å²) in [5.74, 6) is 0.121. The molecule has 140 valence electrons. The minimum absolute atomic E-state index is 0.0292. The molecular formula is C19H31N3O3. The molecule has 0 bridgehead atoms. The van der Waals surface area contributed by atoms with Crippen molar-refractivity contribution >= 4 is 5.91 Å². The van der Waals surface area contributed by atoms with E-state index in [-0.39, 0.29) is 24.0 Å². The highest BCUT2D eigenvalue weighted by atomic mass is 16.5. The van der Waals surface area contributed by atoms with Crippen molar-refractivity contribution in [1.29, 1.82) is 5.26 Å². The van der Waals surface area contributed by atoms with Crippen LogP contribution in [0.25, 0.3) is 0 Å². The maximum absolute atomic E-state index is 12.9. The number of aliphatic hydroxyl groups is 1. The molecule has 6 heteroatoms. The third kappa shape index (κ3) is 3.84. The molecule has 1 N–H and O–H groups in total. The molecule has 2 heterocycles. The van der Waals surface area contributed by atoms with Crippen LogP contribution >= 0.6 is 0 Å². The number of likely N-dealkylation sites (tertiary alicyclic amines) is 1. The van der Waals surface area contributed by atoms with Crippen LogP contribution in [0.2, 0.25) is 0 Å². The number of rotatable bonds is 4. The third-order valence-corrected chi connectivity index (χ3v) is 6.51. The zero-order valence-electron chi connectivity index (χ0n) is 15.3. The standard InChI is InChI=1S/C19H31N3O3/c1-21(19(14-20)8-3-2-4-9-19)18(24)12-22-10-5-6-16(22)15-13-25-11-7-17(15)23/h15-17,23H,2-13H2,1H3/t15-,16-,17-/m1/s1. The van der Waals surface area contributed by atoms with E-state index in [9.17, 15) is 15.2 Å². The minimum Gasteiger partial charge on any atom is -0.393 e. The quantitative estimate of drug-likeness (QED) is 0.833. The molecule has 2 saturated heterocycles. The molecule has 1 saturated carbocycles. The number of nitriles is 1. The number of hydrogen-bond acceptors (Lipinski definition) is 5. The van der Waals surface area contributed by atoms with Crippen LogP contribution < -0.4 is 0 Å². The molecule has 3 aliphatic rings. The van der Waals surface area contributed by atoms with Gasteiger partial charge in [0.05, 0.1) is 25.3 Å². The maximum atomic E-state index is 12.9. The van der Waals surface area contributed by atoms with Crippen molar-refractivity contribution in [3.05, 3.63) is 0 Å². The van der Waals surface area contributed by atoms with Crippen LogP contribution in [0.15, 0.2) is 0 Å². The highest BCUT2D eigenvalue weighted by Crippen LogP contribution is 2.34. The van der Waals surface area contributed by atoms with Gasteiger partial charge < -0.3 is 14.7 Å². The van der Waals surface area contributed by atoms with Crippen LogP contribution in [-0.2, 0) is 9.53 Å². The third-order valence-electron chi connectivity index (χ3n) is 6.51. The Balaban J connectivity index is 1.64. The van der Waals surface area contributed by atoms with Crippen molar-refractivity contribution < 1.29 is 14.6 Å². The molecule has 0 radical (unpaired) electrons. The molecule has 0 unspecified atom stereocenters.